The van der Waals surface area contributed by atoms with Gasteiger partial charge in [-0.05, 0) is 42.8 Å². The van der Waals surface area contributed by atoms with Gasteiger partial charge in [0.1, 0.15) is 29.0 Å². The first-order chi connectivity index (χ1) is 24.1. The molecule has 0 saturated heterocycles. The third kappa shape index (κ3) is 11.5. The maximum atomic E-state index is 15.2. The van der Waals surface area contributed by atoms with E-state index in [1.165, 1.54) is 31.3 Å². The van der Waals surface area contributed by atoms with Crippen molar-refractivity contribution in [3.8, 4) is 22.9 Å². The van der Waals surface area contributed by atoms with Crippen molar-refractivity contribution in [2.75, 3.05) is 63.9 Å². The number of rotatable bonds is 19. The average molecular weight is 774 g/mol. The van der Waals surface area contributed by atoms with Gasteiger partial charge in [-0.3, -0.25) is 9.12 Å². The molecule has 0 unspecified atom stereocenters. The maximum absolute atomic E-state index is 15.2. The van der Waals surface area contributed by atoms with Gasteiger partial charge >= 0.3 is 0 Å². The molecule has 4 rings (SSSR count). The summed E-state index contributed by atoms with van der Waals surface area (Å²) in [7, 11) is -4.07. The number of ether oxygens (including phenoxy) is 3. The van der Waals surface area contributed by atoms with Gasteiger partial charge in [-0.15, -0.1) is 0 Å². The first kappa shape index (κ1) is 39.8. The summed E-state index contributed by atoms with van der Waals surface area (Å²) >= 11 is 1.05. The molecule has 1 aromatic heterocycles. The SMILES string of the molecule is COc1ccc(N(C)c2cnc(SCc3c(F)cc(OCCCN(CCS(=O)(=O)[O-])CCS(=O)(=O)O)cc3F)n2-c2ccc(F)cc2)cc1OC. The summed E-state index contributed by atoms with van der Waals surface area (Å²) in [5.41, 5.74) is 1.02. The Kier molecular flexibility index (Phi) is 13.6. The van der Waals surface area contributed by atoms with E-state index in [4.69, 9.17) is 18.8 Å². The number of methoxy groups -OCH3 is 2. The smallest absolute Gasteiger partial charge is 0.266 e. The Morgan fingerprint density at radius 2 is 1.55 bits per heavy atom. The van der Waals surface area contributed by atoms with Crippen LogP contribution in [0.15, 0.2) is 66.0 Å². The quantitative estimate of drug-likeness (QED) is 0.0781. The van der Waals surface area contributed by atoms with Crippen molar-refractivity contribution in [3.05, 3.63) is 83.8 Å². The largest absolute Gasteiger partial charge is 0.748 e. The Morgan fingerprint density at radius 1 is 0.902 bits per heavy atom. The van der Waals surface area contributed by atoms with Crippen LogP contribution in [0.5, 0.6) is 17.2 Å². The van der Waals surface area contributed by atoms with Gasteiger partial charge in [0.05, 0.1) is 48.6 Å². The van der Waals surface area contributed by atoms with Crippen molar-refractivity contribution in [3.63, 3.8) is 0 Å². The second-order valence-corrected chi connectivity index (χ2v) is 15.1. The zero-order chi connectivity index (χ0) is 37.3. The molecule has 0 aliphatic heterocycles. The number of anilines is 2. The number of hydrogen-bond acceptors (Lipinski definition) is 12. The van der Waals surface area contributed by atoms with E-state index in [9.17, 15) is 25.8 Å². The standard InChI is InChI=1S/C32H37F3N4O9S3/c1-37(24-9-10-29(46-2)30(17-24)47-3)31-20-36-32(39(31)23-7-5-22(33)6-8-23)49-21-26-27(34)18-25(19-28(26)35)48-14-4-11-38(12-15-50(40,41)42)13-16-51(43,44)45/h5-10,17-20H,4,11-16,21H2,1-3H3,(H,40,41,42)(H,43,44,45)/p-1. The van der Waals surface area contributed by atoms with E-state index in [-0.39, 0.29) is 49.7 Å². The molecule has 0 aliphatic carbocycles. The third-order valence-electron chi connectivity index (χ3n) is 7.56. The van der Waals surface area contributed by atoms with Gasteiger partial charge in [0.25, 0.3) is 10.1 Å². The zero-order valence-corrected chi connectivity index (χ0v) is 30.2. The number of imidazole rings is 1. The fourth-order valence-corrected chi connectivity index (χ4v) is 6.88. The summed E-state index contributed by atoms with van der Waals surface area (Å²) in [6.07, 6.45) is 1.76. The minimum absolute atomic E-state index is 0.0780. The molecule has 1 N–H and O–H groups in total. The van der Waals surface area contributed by atoms with Crippen molar-refractivity contribution >= 4 is 43.5 Å². The van der Waals surface area contributed by atoms with Crippen LogP contribution in [0.4, 0.5) is 24.7 Å². The lowest BCUT2D eigenvalue weighted by atomic mass is 10.2. The van der Waals surface area contributed by atoms with E-state index in [1.54, 1.807) is 42.1 Å². The van der Waals surface area contributed by atoms with Crippen LogP contribution in [0.1, 0.15) is 12.0 Å². The second-order valence-electron chi connectivity index (χ2n) is 11.1. The number of benzene rings is 3. The molecule has 0 fully saturated rings. The Labute approximate surface area is 298 Å². The summed E-state index contributed by atoms with van der Waals surface area (Å²) in [6, 6.07) is 13.0. The van der Waals surface area contributed by atoms with Crippen molar-refractivity contribution in [1.82, 2.24) is 14.5 Å². The zero-order valence-electron chi connectivity index (χ0n) is 27.8. The van der Waals surface area contributed by atoms with E-state index in [0.29, 0.717) is 33.8 Å². The van der Waals surface area contributed by atoms with Crippen LogP contribution in [0.25, 0.3) is 5.69 Å². The van der Waals surface area contributed by atoms with Gasteiger partial charge in [0, 0.05) is 67.6 Å². The Morgan fingerprint density at radius 3 is 2.16 bits per heavy atom. The van der Waals surface area contributed by atoms with Gasteiger partial charge in [0.2, 0.25) is 0 Å². The van der Waals surface area contributed by atoms with Gasteiger partial charge < -0.3 is 28.6 Å². The monoisotopic (exact) mass is 773 g/mol. The van der Waals surface area contributed by atoms with E-state index >= 15 is 8.78 Å². The molecule has 278 valence electrons. The molecule has 0 saturated carbocycles. The van der Waals surface area contributed by atoms with Gasteiger partial charge in [0.15, 0.2) is 16.7 Å². The van der Waals surface area contributed by atoms with Gasteiger partial charge in [-0.2, -0.15) is 8.42 Å². The van der Waals surface area contributed by atoms with E-state index < -0.39 is 49.2 Å². The minimum Gasteiger partial charge on any atom is -0.748 e. The molecule has 0 aliphatic rings. The van der Waals surface area contributed by atoms with Crippen LogP contribution in [0.2, 0.25) is 0 Å². The first-order valence-corrected chi connectivity index (χ1v) is 19.4. The molecule has 0 spiro atoms. The summed E-state index contributed by atoms with van der Waals surface area (Å²) < 4.78 is 127. The van der Waals surface area contributed by atoms with Crippen molar-refractivity contribution in [2.45, 2.75) is 17.3 Å². The Bertz CT molecular complexity index is 1960. The molecule has 4 aromatic rings. The summed E-state index contributed by atoms with van der Waals surface area (Å²) in [6.45, 7) is -0.513. The molecular formula is C32H36F3N4O9S3-. The van der Waals surface area contributed by atoms with E-state index in [0.717, 1.165) is 23.9 Å². The highest BCUT2D eigenvalue weighted by atomic mass is 32.2. The van der Waals surface area contributed by atoms with Crippen molar-refractivity contribution < 1.29 is 53.3 Å². The van der Waals surface area contributed by atoms with Crippen LogP contribution < -0.4 is 19.1 Å². The minimum atomic E-state index is -4.57. The molecule has 0 radical (unpaired) electrons. The molecule has 0 bridgehead atoms. The highest BCUT2D eigenvalue weighted by Gasteiger charge is 2.21. The number of halogens is 3. The lowest BCUT2D eigenvalue weighted by molar-refractivity contribution is 0.247. The predicted molar refractivity (Wildman–Crippen MR) is 185 cm³/mol. The second kappa shape index (κ2) is 17.5. The van der Waals surface area contributed by atoms with E-state index in [1.807, 2.05) is 11.0 Å². The first-order valence-electron chi connectivity index (χ1n) is 15.2. The Balaban J connectivity index is 1.47. The molecular weight excluding hydrogens is 738 g/mol. The van der Waals surface area contributed by atoms with Crippen LogP contribution >= 0.6 is 11.8 Å². The predicted octanol–water partition coefficient (Wildman–Crippen LogP) is 4.87. The summed E-state index contributed by atoms with van der Waals surface area (Å²) in [4.78, 5) is 7.67. The molecule has 0 atom stereocenters. The van der Waals surface area contributed by atoms with Crippen LogP contribution in [0, 0.1) is 17.5 Å². The molecule has 0 amide bonds. The van der Waals surface area contributed by atoms with E-state index in [2.05, 4.69) is 4.98 Å². The summed E-state index contributed by atoms with van der Waals surface area (Å²) in [5.74, 6) is -2.34. The number of aromatic nitrogens is 2. The third-order valence-corrected chi connectivity index (χ3v) is 9.92. The van der Waals surface area contributed by atoms with Crippen LogP contribution in [0.3, 0.4) is 0 Å². The average Bonchev–Trinajstić information content (AvgIpc) is 3.49. The fourth-order valence-electron chi connectivity index (χ4n) is 4.90. The normalized spacial score (nSPS) is 11.9. The molecule has 19 heteroatoms. The molecule has 1 heterocycles. The lowest BCUT2D eigenvalue weighted by Gasteiger charge is -2.23. The Hall–Kier alpha value is -4.01. The molecule has 3 aromatic carbocycles. The molecule has 13 nitrogen and oxygen atoms in total. The van der Waals surface area contributed by atoms with Crippen molar-refractivity contribution in [2.24, 2.45) is 0 Å². The number of thioether (sulfide) groups is 1. The summed E-state index contributed by atoms with van der Waals surface area (Å²) in [5, 5.41) is 0.367. The fraction of sp³-hybridized carbons (Fsp3) is 0.344. The highest BCUT2D eigenvalue weighted by Crippen LogP contribution is 2.37. The van der Waals surface area contributed by atoms with Gasteiger partial charge in [-0.1, -0.05) is 11.8 Å². The number of nitrogens with zero attached hydrogens (tertiary/aromatic N) is 4. The molecule has 51 heavy (non-hydrogen) atoms. The van der Waals surface area contributed by atoms with Crippen LogP contribution in [-0.2, 0) is 26.0 Å². The van der Waals surface area contributed by atoms with Crippen LogP contribution in [-0.4, -0.2) is 99.4 Å². The highest BCUT2D eigenvalue weighted by molar-refractivity contribution is 7.98. The maximum Gasteiger partial charge on any atom is 0.266 e. The topological polar surface area (TPSA) is 164 Å². The lowest BCUT2D eigenvalue weighted by Crippen LogP contribution is -2.34. The number of hydrogen-bond donors (Lipinski definition) is 1. The van der Waals surface area contributed by atoms with Gasteiger partial charge in [-0.25, -0.2) is 26.6 Å². The van der Waals surface area contributed by atoms with Crippen molar-refractivity contribution in [1.29, 1.82) is 0 Å².